The van der Waals surface area contributed by atoms with Crippen molar-refractivity contribution < 1.29 is 14.3 Å². The highest BCUT2D eigenvalue weighted by molar-refractivity contribution is 5.98. The van der Waals surface area contributed by atoms with E-state index in [1.54, 1.807) is 24.3 Å². The monoisotopic (exact) mass is 502 g/mol. The second-order valence-electron chi connectivity index (χ2n) is 9.94. The summed E-state index contributed by atoms with van der Waals surface area (Å²) in [4.78, 5) is 29.9. The second-order valence-corrected chi connectivity index (χ2v) is 9.94. The van der Waals surface area contributed by atoms with Crippen LogP contribution in [0.1, 0.15) is 83.5 Å². The molecule has 7 N–H and O–H groups in total. The lowest BCUT2D eigenvalue weighted by Crippen LogP contribution is -2.51. The number of nitrogens with zero attached hydrogens (tertiary/aromatic N) is 1. The average molecular weight is 503 g/mol. The molecular formula is C27H46N6O3. The predicted molar refractivity (Wildman–Crippen MR) is 145 cm³/mol. The van der Waals surface area contributed by atoms with Gasteiger partial charge < -0.3 is 32.2 Å². The van der Waals surface area contributed by atoms with Crippen LogP contribution in [0, 0.1) is 5.92 Å². The SMILES string of the molecule is CCC(C)C(NC(=O)c1ccc(N=C(N)N)cc1)C(=O)NCCC(CC)(CC)OCCC1(CC)CN1. The average Bonchev–Trinajstić information content (AvgIpc) is 3.66. The van der Waals surface area contributed by atoms with Crippen molar-refractivity contribution in [2.45, 2.75) is 90.3 Å². The molecule has 36 heavy (non-hydrogen) atoms. The molecule has 0 radical (unpaired) electrons. The van der Waals surface area contributed by atoms with E-state index in [1.807, 2.05) is 13.8 Å². The van der Waals surface area contributed by atoms with Gasteiger partial charge in [0.15, 0.2) is 5.96 Å². The molecule has 9 heteroatoms. The third kappa shape index (κ3) is 8.48. The Labute approximate surface area is 216 Å². The van der Waals surface area contributed by atoms with Gasteiger partial charge in [-0.25, -0.2) is 4.99 Å². The molecule has 0 spiro atoms. The first-order chi connectivity index (χ1) is 17.1. The zero-order chi connectivity index (χ0) is 26.8. The zero-order valence-corrected chi connectivity index (χ0v) is 22.7. The van der Waals surface area contributed by atoms with Crippen LogP contribution in [-0.4, -0.2) is 54.7 Å². The largest absolute Gasteiger partial charge is 0.375 e. The third-order valence-electron chi connectivity index (χ3n) is 7.68. The maximum Gasteiger partial charge on any atom is 0.251 e. The summed E-state index contributed by atoms with van der Waals surface area (Å²) >= 11 is 0. The van der Waals surface area contributed by atoms with E-state index in [0.717, 1.165) is 45.1 Å². The number of hydrogen-bond donors (Lipinski definition) is 5. The Morgan fingerprint density at radius 3 is 2.31 bits per heavy atom. The summed E-state index contributed by atoms with van der Waals surface area (Å²) in [6.45, 7) is 12.7. The first-order valence-electron chi connectivity index (χ1n) is 13.3. The quantitative estimate of drug-likeness (QED) is 0.133. The van der Waals surface area contributed by atoms with Crippen molar-refractivity contribution in [3.05, 3.63) is 29.8 Å². The second kappa shape index (κ2) is 13.6. The van der Waals surface area contributed by atoms with Crippen LogP contribution >= 0.6 is 0 Å². The number of carbonyl (C=O) groups excluding carboxylic acids is 2. The molecule has 1 aromatic rings. The van der Waals surface area contributed by atoms with Gasteiger partial charge in [0.25, 0.3) is 5.91 Å². The van der Waals surface area contributed by atoms with E-state index >= 15 is 0 Å². The first kappa shape index (κ1) is 29.6. The Morgan fingerprint density at radius 2 is 1.81 bits per heavy atom. The normalized spacial score (nSPS) is 18.7. The molecule has 1 aliphatic heterocycles. The van der Waals surface area contributed by atoms with E-state index in [4.69, 9.17) is 16.2 Å². The topological polar surface area (TPSA) is 154 Å². The van der Waals surface area contributed by atoms with Crippen LogP contribution in [0.25, 0.3) is 0 Å². The number of aliphatic imine (C=N–C) groups is 1. The van der Waals surface area contributed by atoms with Gasteiger partial charge in [-0.05, 0) is 62.3 Å². The summed E-state index contributed by atoms with van der Waals surface area (Å²) in [6.07, 6.45) is 5.37. The van der Waals surface area contributed by atoms with Crippen LogP contribution in [0.3, 0.4) is 0 Å². The first-order valence-corrected chi connectivity index (χ1v) is 13.3. The number of nitrogens with one attached hydrogen (secondary N) is 3. The summed E-state index contributed by atoms with van der Waals surface area (Å²) in [7, 11) is 0. The molecule has 1 saturated heterocycles. The van der Waals surface area contributed by atoms with Crippen LogP contribution in [0.2, 0.25) is 0 Å². The van der Waals surface area contributed by atoms with Crippen molar-refractivity contribution in [2.75, 3.05) is 19.7 Å². The fraction of sp³-hybridized carbons (Fsp3) is 0.667. The van der Waals surface area contributed by atoms with E-state index < -0.39 is 6.04 Å². The predicted octanol–water partition coefficient (Wildman–Crippen LogP) is 2.96. The maximum atomic E-state index is 13.1. The molecule has 1 aliphatic rings. The summed E-state index contributed by atoms with van der Waals surface area (Å²) in [5.74, 6) is -0.566. The number of ether oxygens (including phenoxy) is 1. The Bertz CT molecular complexity index is 874. The molecule has 0 saturated carbocycles. The highest BCUT2D eigenvalue weighted by atomic mass is 16.5. The minimum atomic E-state index is -0.635. The molecule has 0 bridgehead atoms. The molecule has 1 heterocycles. The Kier molecular flexibility index (Phi) is 11.2. The van der Waals surface area contributed by atoms with Crippen molar-refractivity contribution >= 4 is 23.5 Å². The molecular weight excluding hydrogens is 456 g/mol. The van der Waals surface area contributed by atoms with Gasteiger partial charge in [-0.3, -0.25) is 9.59 Å². The van der Waals surface area contributed by atoms with Crippen LogP contribution < -0.4 is 27.4 Å². The number of guanidine groups is 1. The summed E-state index contributed by atoms with van der Waals surface area (Å²) < 4.78 is 6.39. The lowest BCUT2D eigenvalue weighted by atomic mass is 9.92. The molecule has 3 atom stereocenters. The van der Waals surface area contributed by atoms with E-state index in [2.05, 4.69) is 41.7 Å². The molecule has 202 valence electrons. The van der Waals surface area contributed by atoms with Crippen LogP contribution in [0.4, 0.5) is 5.69 Å². The number of benzene rings is 1. The van der Waals surface area contributed by atoms with Gasteiger partial charge in [0.05, 0.1) is 11.3 Å². The third-order valence-corrected chi connectivity index (χ3v) is 7.68. The van der Waals surface area contributed by atoms with Crippen molar-refractivity contribution in [2.24, 2.45) is 22.4 Å². The van der Waals surface area contributed by atoms with Gasteiger partial charge in [-0.1, -0.05) is 41.0 Å². The van der Waals surface area contributed by atoms with E-state index in [0.29, 0.717) is 24.4 Å². The number of rotatable bonds is 16. The zero-order valence-electron chi connectivity index (χ0n) is 22.7. The molecule has 1 aromatic carbocycles. The Balaban J connectivity index is 1.94. The number of nitrogens with two attached hydrogens (primary N) is 2. The maximum absolute atomic E-state index is 13.1. The fourth-order valence-corrected chi connectivity index (χ4v) is 4.36. The van der Waals surface area contributed by atoms with Crippen molar-refractivity contribution in [3.8, 4) is 0 Å². The van der Waals surface area contributed by atoms with Gasteiger partial charge in [-0.2, -0.15) is 0 Å². The van der Waals surface area contributed by atoms with Gasteiger partial charge in [-0.15, -0.1) is 0 Å². The molecule has 1 fully saturated rings. The number of hydrogen-bond acceptors (Lipinski definition) is 5. The van der Waals surface area contributed by atoms with Gasteiger partial charge in [0, 0.05) is 30.8 Å². The summed E-state index contributed by atoms with van der Waals surface area (Å²) in [5, 5.41) is 9.41. The lowest BCUT2D eigenvalue weighted by Gasteiger charge is -2.33. The van der Waals surface area contributed by atoms with Crippen LogP contribution in [-0.2, 0) is 9.53 Å². The highest BCUT2D eigenvalue weighted by Crippen LogP contribution is 2.29. The number of carbonyl (C=O) groups is 2. The molecule has 0 aromatic heterocycles. The molecule has 0 aliphatic carbocycles. The van der Waals surface area contributed by atoms with Gasteiger partial charge >= 0.3 is 0 Å². The molecule has 2 rings (SSSR count). The molecule has 3 unspecified atom stereocenters. The summed E-state index contributed by atoms with van der Waals surface area (Å²) in [6, 6.07) is 5.95. The van der Waals surface area contributed by atoms with Crippen LogP contribution in [0.5, 0.6) is 0 Å². The molecule has 9 nitrogen and oxygen atoms in total. The highest BCUT2D eigenvalue weighted by Gasteiger charge is 2.40. The Hall–Kier alpha value is -2.65. The van der Waals surface area contributed by atoms with Gasteiger partial charge in [0.1, 0.15) is 6.04 Å². The Morgan fingerprint density at radius 1 is 1.17 bits per heavy atom. The van der Waals surface area contributed by atoms with E-state index in [-0.39, 0.29) is 34.8 Å². The molecule has 2 amide bonds. The summed E-state index contributed by atoms with van der Waals surface area (Å²) in [5.41, 5.74) is 11.8. The smallest absolute Gasteiger partial charge is 0.251 e. The van der Waals surface area contributed by atoms with Crippen molar-refractivity contribution in [3.63, 3.8) is 0 Å². The van der Waals surface area contributed by atoms with E-state index in [9.17, 15) is 9.59 Å². The minimum Gasteiger partial charge on any atom is -0.375 e. The fourth-order valence-electron chi connectivity index (χ4n) is 4.36. The van der Waals surface area contributed by atoms with Gasteiger partial charge in [0.2, 0.25) is 5.91 Å². The van der Waals surface area contributed by atoms with Crippen LogP contribution in [0.15, 0.2) is 29.3 Å². The minimum absolute atomic E-state index is 0.0236. The van der Waals surface area contributed by atoms with Crippen molar-refractivity contribution in [1.29, 1.82) is 0 Å². The van der Waals surface area contributed by atoms with Crippen molar-refractivity contribution in [1.82, 2.24) is 16.0 Å². The standard InChI is InChI=1S/C27H46N6O3/c1-6-19(5)22(33-23(34)20-10-12-21(13-11-20)32-25(28)29)24(35)30-16-14-27(8-3,9-4)36-17-15-26(7-2)18-31-26/h10-13,19,22,31H,6-9,14-18H2,1-5H3,(H,30,35)(H,33,34)(H4,28,29,32). The van der Waals surface area contributed by atoms with E-state index in [1.165, 1.54) is 0 Å². The number of amides is 2. The lowest BCUT2D eigenvalue weighted by molar-refractivity contribution is -0.124.